The second kappa shape index (κ2) is 10.9. The Morgan fingerprint density at radius 2 is 1.88 bits per heavy atom. The van der Waals surface area contributed by atoms with Crippen LogP contribution in [0.3, 0.4) is 0 Å². The number of hydrogen-bond donors (Lipinski definition) is 3. The molecule has 2 heterocycles. The molecule has 0 amide bonds. The molecule has 0 saturated heterocycles. The number of anilines is 1. The summed E-state index contributed by atoms with van der Waals surface area (Å²) in [7, 11) is 0. The summed E-state index contributed by atoms with van der Waals surface area (Å²) in [6.45, 7) is 5.67. The zero-order chi connectivity index (χ0) is 23.9. The molecule has 6 heteroatoms. The molecule has 0 aliphatic heterocycles. The summed E-state index contributed by atoms with van der Waals surface area (Å²) in [5, 5.41) is 13.9. The minimum Gasteiger partial charge on any atom is -0.493 e. The van der Waals surface area contributed by atoms with E-state index in [1.165, 1.54) is 5.56 Å². The quantitative estimate of drug-likeness (QED) is 0.234. The third-order valence-electron chi connectivity index (χ3n) is 6.01. The van der Waals surface area contributed by atoms with E-state index in [2.05, 4.69) is 53.4 Å². The van der Waals surface area contributed by atoms with Gasteiger partial charge in [0.1, 0.15) is 11.6 Å². The van der Waals surface area contributed by atoms with Gasteiger partial charge in [0.2, 0.25) is 0 Å². The Morgan fingerprint density at radius 3 is 2.59 bits per heavy atom. The van der Waals surface area contributed by atoms with Gasteiger partial charge in [-0.2, -0.15) is 0 Å². The maximum atomic E-state index is 11.7. The van der Waals surface area contributed by atoms with Crippen molar-refractivity contribution in [1.29, 1.82) is 0 Å². The van der Waals surface area contributed by atoms with Crippen LogP contribution in [-0.2, 0) is 4.79 Å². The van der Waals surface area contributed by atoms with Crippen molar-refractivity contribution < 1.29 is 14.6 Å². The van der Waals surface area contributed by atoms with Crippen LogP contribution in [0.5, 0.6) is 5.75 Å². The lowest BCUT2D eigenvalue weighted by molar-refractivity contribution is -0.137. The number of carboxylic acids is 1. The van der Waals surface area contributed by atoms with Crippen molar-refractivity contribution in [2.45, 2.75) is 38.5 Å². The number of aliphatic carboxylic acids is 1. The topological polar surface area (TPSA) is 87.2 Å². The van der Waals surface area contributed by atoms with Crippen LogP contribution in [0.1, 0.15) is 55.2 Å². The maximum Gasteiger partial charge on any atom is 0.304 e. The van der Waals surface area contributed by atoms with Gasteiger partial charge in [0.15, 0.2) is 0 Å². The average molecular weight is 458 g/mol. The molecule has 2 aromatic carbocycles. The van der Waals surface area contributed by atoms with Gasteiger partial charge in [0.05, 0.1) is 13.0 Å². The summed E-state index contributed by atoms with van der Waals surface area (Å²) >= 11 is 0. The van der Waals surface area contributed by atoms with Crippen molar-refractivity contribution in [2.24, 2.45) is 0 Å². The summed E-state index contributed by atoms with van der Waals surface area (Å²) in [5.41, 5.74) is 4.18. The van der Waals surface area contributed by atoms with Crippen molar-refractivity contribution in [3.05, 3.63) is 89.7 Å². The van der Waals surface area contributed by atoms with Gasteiger partial charge in [0.25, 0.3) is 0 Å². The molecule has 1 atom stereocenters. The average Bonchev–Trinajstić information content (AvgIpc) is 3.26. The maximum absolute atomic E-state index is 11.7. The van der Waals surface area contributed by atoms with Crippen LogP contribution in [0.2, 0.25) is 0 Å². The lowest BCUT2D eigenvalue weighted by Gasteiger charge is -2.16. The van der Waals surface area contributed by atoms with Crippen molar-refractivity contribution in [3.63, 3.8) is 0 Å². The normalized spacial score (nSPS) is 12.1. The number of benzene rings is 2. The van der Waals surface area contributed by atoms with Crippen LogP contribution < -0.4 is 10.1 Å². The van der Waals surface area contributed by atoms with Crippen LogP contribution in [0.25, 0.3) is 10.9 Å². The second-order valence-corrected chi connectivity index (χ2v) is 8.77. The molecular weight excluding hydrogens is 426 g/mol. The number of aromatic amines is 1. The van der Waals surface area contributed by atoms with E-state index in [0.29, 0.717) is 12.5 Å². The predicted octanol–water partition coefficient (Wildman–Crippen LogP) is 6.17. The van der Waals surface area contributed by atoms with Gasteiger partial charge < -0.3 is 20.1 Å². The molecule has 3 N–H and O–H groups in total. The Kier molecular flexibility index (Phi) is 7.48. The number of H-pyrrole nitrogens is 1. The first-order valence-electron chi connectivity index (χ1n) is 11.7. The third-order valence-corrected chi connectivity index (χ3v) is 6.01. The molecule has 6 nitrogen and oxygen atoms in total. The zero-order valence-electron chi connectivity index (χ0n) is 19.6. The number of aromatic nitrogens is 2. The molecule has 176 valence electrons. The lowest BCUT2D eigenvalue weighted by Crippen LogP contribution is -2.08. The minimum absolute atomic E-state index is 0.0372. The van der Waals surface area contributed by atoms with Crippen LogP contribution >= 0.6 is 0 Å². The molecular formula is C28H31N3O3. The van der Waals surface area contributed by atoms with E-state index in [9.17, 15) is 9.90 Å². The number of nitrogens with zero attached hydrogens (tertiary/aromatic N) is 1. The Balaban J connectivity index is 1.44. The fourth-order valence-electron chi connectivity index (χ4n) is 4.15. The van der Waals surface area contributed by atoms with E-state index in [-0.39, 0.29) is 12.3 Å². The molecule has 4 rings (SSSR count). The molecule has 4 aromatic rings. The number of pyridine rings is 1. The molecule has 0 radical (unpaired) electrons. The highest BCUT2D eigenvalue weighted by Crippen LogP contribution is 2.35. The van der Waals surface area contributed by atoms with Gasteiger partial charge in [-0.1, -0.05) is 44.2 Å². The molecule has 0 saturated carbocycles. The van der Waals surface area contributed by atoms with Gasteiger partial charge in [-0.3, -0.25) is 4.79 Å². The first kappa shape index (κ1) is 23.4. The Morgan fingerprint density at radius 1 is 1.09 bits per heavy atom. The summed E-state index contributed by atoms with van der Waals surface area (Å²) in [4.78, 5) is 19.2. The van der Waals surface area contributed by atoms with Crippen molar-refractivity contribution >= 4 is 22.7 Å². The Bertz CT molecular complexity index is 1220. The van der Waals surface area contributed by atoms with Gasteiger partial charge >= 0.3 is 5.97 Å². The van der Waals surface area contributed by atoms with E-state index >= 15 is 0 Å². The highest BCUT2D eigenvalue weighted by molar-refractivity contribution is 5.86. The largest absolute Gasteiger partial charge is 0.493 e. The first-order valence-corrected chi connectivity index (χ1v) is 11.7. The van der Waals surface area contributed by atoms with Crippen molar-refractivity contribution in [3.8, 4) is 5.75 Å². The van der Waals surface area contributed by atoms with Crippen LogP contribution in [0.4, 0.5) is 5.82 Å². The smallest absolute Gasteiger partial charge is 0.304 e. The zero-order valence-corrected chi connectivity index (χ0v) is 19.6. The Hall–Kier alpha value is -3.80. The van der Waals surface area contributed by atoms with E-state index in [4.69, 9.17) is 4.74 Å². The minimum atomic E-state index is -0.813. The number of carbonyl (C=O) groups is 1. The molecule has 0 bridgehead atoms. The number of carboxylic acid groups (broad SMARTS) is 1. The van der Waals surface area contributed by atoms with Gasteiger partial charge in [0, 0.05) is 41.8 Å². The summed E-state index contributed by atoms with van der Waals surface area (Å²) in [6, 6.07) is 20.0. The molecule has 1 unspecified atom stereocenters. The number of rotatable bonds is 11. The molecule has 0 aliphatic carbocycles. The fourth-order valence-corrected chi connectivity index (χ4v) is 4.15. The molecule has 0 aliphatic rings. The summed E-state index contributed by atoms with van der Waals surface area (Å²) in [5.74, 6) is 1.04. The van der Waals surface area contributed by atoms with Crippen LogP contribution in [0, 0.1) is 0 Å². The summed E-state index contributed by atoms with van der Waals surface area (Å²) in [6.07, 6.45) is 4.57. The standard InChI is InChI=1S/C28H31N3O3/c1-19(2)20-7-9-21(10-8-20)24(17-28(32)33)25-18-31-26-16-22(11-12-23(25)26)34-15-5-14-30-27-6-3-4-13-29-27/h3-4,6-13,16,18-19,24,31H,5,14-15,17H2,1-2H3,(H,29,30)(H,32,33). The van der Waals surface area contributed by atoms with E-state index < -0.39 is 5.97 Å². The molecule has 34 heavy (non-hydrogen) atoms. The fraction of sp³-hybridized carbons (Fsp3) is 0.286. The third kappa shape index (κ3) is 5.76. The monoisotopic (exact) mass is 457 g/mol. The van der Waals surface area contributed by atoms with E-state index in [1.807, 2.05) is 42.6 Å². The molecule has 2 aromatic heterocycles. The van der Waals surface area contributed by atoms with Gasteiger partial charge in [-0.05, 0) is 53.3 Å². The van der Waals surface area contributed by atoms with Crippen molar-refractivity contribution in [2.75, 3.05) is 18.5 Å². The van der Waals surface area contributed by atoms with Crippen LogP contribution in [-0.4, -0.2) is 34.2 Å². The predicted molar refractivity (Wildman–Crippen MR) is 136 cm³/mol. The second-order valence-electron chi connectivity index (χ2n) is 8.77. The highest BCUT2D eigenvalue weighted by Gasteiger charge is 2.21. The van der Waals surface area contributed by atoms with Gasteiger partial charge in [-0.25, -0.2) is 4.98 Å². The number of nitrogens with one attached hydrogen (secondary N) is 2. The molecule has 0 spiro atoms. The highest BCUT2D eigenvalue weighted by atomic mass is 16.5. The van der Waals surface area contributed by atoms with E-state index in [1.54, 1.807) is 6.20 Å². The number of fused-ring (bicyclic) bond motifs is 1. The van der Waals surface area contributed by atoms with E-state index in [0.717, 1.165) is 46.6 Å². The SMILES string of the molecule is CC(C)c1ccc(C(CC(=O)O)c2c[nH]c3cc(OCCCNc4ccccn4)ccc23)cc1. The van der Waals surface area contributed by atoms with Gasteiger partial charge in [-0.15, -0.1) is 0 Å². The first-order chi connectivity index (χ1) is 16.5. The molecule has 0 fully saturated rings. The summed E-state index contributed by atoms with van der Waals surface area (Å²) < 4.78 is 5.93. The van der Waals surface area contributed by atoms with Crippen molar-refractivity contribution in [1.82, 2.24) is 9.97 Å². The lowest BCUT2D eigenvalue weighted by atomic mass is 9.87. The van der Waals surface area contributed by atoms with Crippen LogP contribution in [0.15, 0.2) is 73.1 Å². The number of hydrogen-bond acceptors (Lipinski definition) is 4. The number of ether oxygens (including phenoxy) is 1. The Labute approximate surface area is 200 Å².